The van der Waals surface area contributed by atoms with Gasteiger partial charge < -0.3 is 15.5 Å². The van der Waals surface area contributed by atoms with E-state index in [0.29, 0.717) is 6.04 Å². The SMILES string of the molecule is CCNC(=NCc1ccccc1CN(C)C)NC1CCC(C)CC1.I. The van der Waals surface area contributed by atoms with Crippen molar-refractivity contribution in [3.8, 4) is 0 Å². The van der Waals surface area contributed by atoms with Crippen LogP contribution in [0.4, 0.5) is 0 Å². The van der Waals surface area contributed by atoms with Gasteiger partial charge in [0.1, 0.15) is 0 Å². The summed E-state index contributed by atoms with van der Waals surface area (Å²) in [5.74, 6) is 1.83. The summed E-state index contributed by atoms with van der Waals surface area (Å²) in [6, 6.07) is 9.17. The largest absolute Gasteiger partial charge is 0.357 e. The molecule has 2 rings (SSSR count). The number of nitrogens with one attached hydrogen (secondary N) is 2. The van der Waals surface area contributed by atoms with E-state index >= 15 is 0 Å². The number of rotatable bonds is 6. The van der Waals surface area contributed by atoms with Crippen molar-refractivity contribution in [2.24, 2.45) is 10.9 Å². The number of aliphatic imine (C=N–C) groups is 1. The first-order valence-electron chi connectivity index (χ1n) is 9.34. The summed E-state index contributed by atoms with van der Waals surface area (Å²) in [6.45, 7) is 7.06. The molecule has 0 unspecified atom stereocenters. The van der Waals surface area contributed by atoms with E-state index in [2.05, 4.69) is 67.7 Å². The number of hydrogen-bond acceptors (Lipinski definition) is 2. The molecule has 0 atom stereocenters. The minimum Gasteiger partial charge on any atom is -0.357 e. The molecule has 0 bridgehead atoms. The molecular formula is C20H35IN4. The minimum atomic E-state index is 0. The van der Waals surface area contributed by atoms with Gasteiger partial charge in [0, 0.05) is 19.1 Å². The van der Waals surface area contributed by atoms with Crippen LogP contribution in [0.15, 0.2) is 29.3 Å². The summed E-state index contributed by atoms with van der Waals surface area (Å²) in [5, 5.41) is 7.04. The van der Waals surface area contributed by atoms with Crippen molar-refractivity contribution < 1.29 is 0 Å². The summed E-state index contributed by atoms with van der Waals surface area (Å²) in [6.07, 6.45) is 5.15. The third-order valence-electron chi connectivity index (χ3n) is 4.71. The highest BCUT2D eigenvalue weighted by Crippen LogP contribution is 2.23. The lowest BCUT2D eigenvalue weighted by atomic mass is 9.87. The lowest BCUT2D eigenvalue weighted by Gasteiger charge is -2.28. The van der Waals surface area contributed by atoms with E-state index in [-0.39, 0.29) is 24.0 Å². The first-order chi connectivity index (χ1) is 11.6. The van der Waals surface area contributed by atoms with Gasteiger partial charge in [-0.1, -0.05) is 31.2 Å². The molecule has 0 spiro atoms. The molecule has 1 fully saturated rings. The predicted octanol–water partition coefficient (Wildman–Crippen LogP) is 4.00. The molecule has 1 aromatic carbocycles. The van der Waals surface area contributed by atoms with Crippen molar-refractivity contribution in [1.29, 1.82) is 0 Å². The van der Waals surface area contributed by atoms with E-state index in [4.69, 9.17) is 4.99 Å². The van der Waals surface area contributed by atoms with Crippen LogP contribution in [0.2, 0.25) is 0 Å². The van der Waals surface area contributed by atoms with Crippen molar-refractivity contribution in [3.05, 3.63) is 35.4 Å². The molecule has 0 aliphatic heterocycles. The second-order valence-electron chi connectivity index (χ2n) is 7.30. The van der Waals surface area contributed by atoms with E-state index in [1.54, 1.807) is 0 Å². The van der Waals surface area contributed by atoms with Crippen molar-refractivity contribution in [2.45, 2.75) is 58.7 Å². The average Bonchev–Trinajstić information content (AvgIpc) is 2.55. The summed E-state index contributed by atoms with van der Waals surface area (Å²) in [7, 11) is 4.21. The highest BCUT2D eigenvalue weighted by atomic mass is 127. The van der Waals surface area contributed by atoms with Gasteiger partial charge in [-0.15, -0.1) is 24.0 Å². The third-order valence-corrected chi connectivity index (χ3v) is 4.71. The molecule has 4 nitrogen and oxygen atoms in total. The monoisotopic (exact) mass is 458 g/mol. The molecule has 25 heavy (non-hydrogen) atoms. The summed E-state index contributed by atoms with van der Waals surface area (Å²) in [4.78, 5) is 7.04. The van der Waals surface area contributed by atoms with Gasteiger partial charge in [-0.05, 0) is 63.7 Å². The molecule has 2 N–H and O–H groups in total. The Bertz CT molecular complexity index is 522. The molecule has 1 aliphatic carbocycles. The molecule has 0 amide bonds. The number of benzene rings is 1. The maximum absolute atomic E-state index is 4.84. The van der Waals surface area contributed by atoms with Crippen molar-refractivity contribution >= 4 is 29.9 Å². The Morgan fingerprint density at radius 3 is 2.36 bits per heavy atom. The normalized spacial score (nSPS) is 20.9. The van der Waals surface area contributed by atoms with Gasteiger partial charge in [0.05, 0.1) is 6.54 Å². The summed E-state index contributed by atoms with van der Waals surface area (Å²) in [5.41, 5.74) is 2.66. The van der Waals surface area contributed by atoms with Crippen LogP contribution in [-0.2, 0) is 13.1 Å². The van der Waals surface area contributed by atoms with Gasteiger partial charge in [0.25, 0.3) is 0 Å². The summed E-state index contributed by atoms with van der Waals surface area (Å²) >= 11 is 0. The molecule has 5 heteroatoms. The fourth-order valence-electron chi connectivity index (χ4n) is 3.29. The smallest absolute Gasteiger partial charge is 0.191 e. The molecule has 0 heterocycles. The van der Waals surface area contributed by atoms with E-state index in [1.807, 2.05) is 0 Å². The molecule has 0 saturated heterocycles. The van der Waals surface area contributed by atoms with Crippen molar-refractivity contribution in [2.75, 3.05) is 20.6 Å². The number of guanidine groups is 1. The number of nitrogens with zero attached hydrogens (tertiary/aromatic N) is 2. The van der Waals surface area contributed by atoms with Crippen LogP contribution in [0.1, 0.15) is 50.7 Å². The second-order valence-corrected chi connectivity index (χ2v) is 7.30. The van der Waals surface area contributed by atoms with Gasteiger partial charge >= 0.3 is 0 Å². The van der Waals surface area contributed by atoms with E-state index in [1.165, 1.54) is 36.8 Å². The van der Waals surface area contributed by atoms with Crippen LogP contribution in [0.25, 0.3) is 0 Å². The Hall–Kier alpha value is -0.820. The van der Waals surface area contributed by atoms with Gasteiger partial charge in [-0.3, -0.25) is 0 Å². The molecular weight excluding hydrogens is 423 g/mol. The average molecular weight is 458 g/mol. The second kappa shape index (κ2) is 11.7. The summed E-state index contributed by atoms with van der Waals surface area (Å²) < 4.78 is 0. The van der Waals surface area contributed by atoms with Crippen molar-refractivity contribution in [1.82, 2.24) is 15.5 Å². The molecule has 1 aromatic rings. The van der Waals surface area contributed by atoms with Crippen LogP contribution < -0.4 is 10.6 Å². The third kappa shape index (κ3) is 7.94. The Labute approximate surface area is 170 Å². The standard InChI is InChI=1S/C20H34N4.HI/c1-5-21-20(23-19-12-10-16(2)11-13-19)22-14-17-8-6-7-9-18(17)15-24(3)4;/h6-9,16,19H,5,10-15H2,1-4H3,(H2,21,22,23);1H. The molecule has 1 aliphatic rings. The van der Waals surface area contributed by atoms with Gasteiger partial charge in [-0.2, -0.15) is 0 Å². The number of halogens is 1. The first-order valence-corrected chi connectivity index (χ1v) is 9.34. The van der Waals surface area contributed by atoms with Crippen LogP contribution in [-0.4, -0.2) is 37.5 Å². The fourth-order valence-corrected chi connectivity index (χ4v) is 3.29. The number of hydrogen-bond donors (Lipinski definition) is 2. The maximum Gasteiger partial charge on any atom is 0.191 e. The van der Waals surface area contributed by atoms with Crippen LogP contribution in [0, 0.1) is 5.92 Å². The lowest BCUT2D eigenvalue weighted by Crippen LogP contribution is -2.44. The Kier molecular flexibility index (Phi) is 10.4. The van der Waals surface area contributed by atoms with Crippen molar-refractivity contribution in [3.63, 3.8) is 0 Å². The van der Waals surface area contributed by atoms with E-state index < -0.39 is 0 Å². The first kappa shape index (κ1) is 22.2. The Morgan fingerprint density at radius 1 is 1.12 bits per heavy atom. The quantitative estimate of drug-likeness (QED) is 0.385. The molecule has 142 valence electrons. The molecule has 0 radical (unpaired) electrons. The zero-order chi connectivity index (χ0) is 17.4. The fraction of sp³-hybridized carbons (Fsp3) is 0.650. The van der Waals surface area contributed by atoms with Crippen LogP contribution >= 0.6 is 24.0 Å². The van der Waals surface area contributed by atoms with E-state index in [0.717, 1.165) is 31.5 Å². The topological polar surface area (TPSA) is 39.7 Å². The van der Waals surface area contributed by atoms with Gasteiger partial charge in [0.2, 0.25) is 0 Å². The Morgan fingerprint density at radius 2 is 1.76 bits per heavy atom. The highest BCUT2D eigenvalue weighted by Gasteiger charge is 2.18. The predicted molar refractivity (Wildman–Crippen MR) is 119 cm³/mol. The maximum atomic E-state index is 4.84. The van der Waals surface area contributed by atoms with E-state index in [9.17, 15) is 0 Å². The highest BCUT2D eigenvalue weighted by molar-refractivity contribution is 14.0. The molecule has 0 aromatic heterocycles. The van der Waals surface area contributed by atoms with Crippen LogP contribution in [0.3, 0.4) is 0 Å². The minimum absolute atomic E-state index is 0. The Balaban J connectivity index is 0.00000312. The molecule has 1 saturated carbocycles. The zero-order valence-electron chi connectivity index (χ0n) is 16.2. The van der Waals surface area contributed by atoms with Crippen LogP contribution in [0.5, 0.6) is 0 Å². The lowest BCUT2D eigenvalue weighted by molar-refractivity contribution is 0.329. The van der Waals surface area contributed by atoms with Gasteiger partial charge in [-0.25, -0.2) is 4.99 Å². The van der Waals surface area contributed by atoms with Gasteiger partial charge in [0.15, 0.2) is 5.96 Å². The zero-order valence-corrected chi connectivity index (χ0v) is 18.5.